The van der Waals surface area contributed by atoms with Gasteiger partial charge in [0.25, 0.3) is 5.91 Å². The molecule has 3 aromatic carbocycles. The second kappa shape index (κ2) is 13.4. The summed E-state index contributed by atoms with van der Waals surface area (Å²) in [6.45, 7) is 4.15. The van der Waals surface area contributed by atoms with Gasteiger partial charge in [-0.2, -0.15) is 5.26 Å². The molecule has 0 fully saturated rings. The van der Waals surface area contributed by atoms with Crippen molar-refractivity contribution in [2.45, 2.75) is 19.8 Å². The standard InChI is InChI=1S/C31H30N4O4S/c1-4-39-26-17-11-9-15-24(26)34-27(36)19-40-31-22(18-32)29(21-12-6-5-7-13-21)28(20(2)33-31)30(37)35-23-14-8-10-16-25(23)38-3/h5-17,29,33H,4,19H2,1-3H3,(H,34,36)(H,35,37)/t29-/m1/s1. The van der Waals surface area contributed by atoms with Gasteiger partial charge in [0.15, 0.2) is 0 Å². The van der Waals surface area contributed by atoms with Gasteiger partial charge in [0.05, 0.1) is 53.4 Å². The fourth-order valence-electron chi connectivity index (χ4n) is 4.42. The summed E-state index contributed by atoms with van der Waals surface area (Å²) in [5.74, 6) is -0.0767. The number of ether oxygens (including phenoxy) is 2. The van der Waals surface area contributed by atoms with Crippen LogP contribution in [0.25, 0.3) is 0 Å². The Balaban J connectivity index is 1.61. The molecule has 204 valence electrons. The van der Waals surface area contributed by atoms with Crippen LogP contribution in [0.4, 0.5) is 11.4 Å². The first-order valence-electron chi connectivity index (χ1n) is 12.7. The van der Waals surface area contributed by atoms with Crippen LogP contribution < -0.4 is 25.4 Å². The van der Waals surface area contributed by atoms with Gasteiger partial charge in [0, 0.05) is 11.3 Å². The molecule has 0 saturated heterocycles. The molecule has 1 aliphatic rings. The van der Waals surface area contributed by atoms with Gasteiger partial charge in [-0.3, -0.25) is 9.59 Å². The zero-order chi connectivity index (χ0) is 28.5. The Morgan fingerprint density at radius 2 is 1.57 bits per heavy atom. The summed E-state index contributed by atoms with van der Waals surface area (Å²) in [6, 6.07) is 26.1. The van der Waals surface area contributed by atoms with Crippen LogP contribution in [-0.2, 0) is 9.59 Å². The number of rotatable bonds is 10. The number of dihydropyridines is 1. The lowest BCUT2D eigenvalue weighted by molar-refractivity contribution is -0.114. The number of carbonyl (C=O) groups excluding carboxylic acids is 2. The number of carbonyl (C=O) groups is 2. The van der Waals surface area contributed by atoms with Gasteiger partial charge in [-0.1, -0.05) is 66.4 Å². The summed E-state index contributed by atoms with van der Waals surface area (Å²) < 4.78 is 11.0. The number of hydrogen-bond acceptors (Lipinski definition) is 7. The first-order chi connectivity index (χ1) is 19.5. The highest BCUT2D eigenvalue weighted by Gasteiger charge is 2.35. The molecule has 40 heavy (non-hydrogen) atoms. The number of hydrogen-bond donors (Lipinski definition) is 3. The van der Waals surface area contributed by atoms with E-state index in [9.17, 15) is 14.9 Å². The Hall–Kier alpha value is -4.68. The molecule has 3 aromatic rings. The molecule has 1 atom stereocenters. The van der Waals surface area contributed by atoms with Crippen molar-refractivity contribution < 1.29 is 19.1 Å². The minimum atomic E-state index is -0.633. The zero-order valence-electron chi connectivity index (χ0n) is 22.5. The molecule has 0 aliphatic carbocycles. The first kappa shape index (κ1) is 28.3. The second-order valence-electron chi connectivity index (χ2n) is 8.78. The molecule has 2 amide bonds. The number of amides is 2. The number of benzene rings is 3. The van der Waals surface area contributed by atoms with Gasteiger partial charge < -0.3 is 25.4 Å². The predicted octanol–water partition coefficient (Wildman–Crippen LogP) is 5.80. The van der Waals surface area contributed by atoms with E-state index in [4.69, 9.17) is 9.47 Å². The van der Waals surface area contributed by atoms with Crippen LogP contribution in [-0.4, -0.2) is 31.3 Å². The third-order valence-electron chi connectivity index (χ3n) is 6.19. The average Bonchev–Trinajstić information content (AvgIpc) is 2.97. The van der Waals surface area contributed by atoms with E-state index < -0.39 is 5.92 Å². The van der Waals surface area contributed by atoms with Crippen molar-refractivity contribution in [3.63, 3.8) is 0 Å². The number of para-hydroxylation sites is 4. The topological polar surface area (TPSA) is 112 Å². The molecule has 0 bridgehead atoms. The molecule has 1 heterocycles. The molecule has 1 aliphatic heterocycles. The molecule has 0 radical (unpaired) electrons. The lowest BCUT2D eigenvalue weighted by Crippen LogP contribution is -2.31. The van der Waals surface area contributed by atoms with E-state index in [0.717, 1.165) is 5.56 Å². The quantitative estimate of drug-likeness (QED) is 0.290. The number of nitrogens with zero attached hydrogens (tertiary/aromatic N) is 1. The molecule has 8 nitrogen and oxygen atoms in total. The van der Waals surface area contributed by atoms with E-state index in [1.165, 1.54) is 18.9 Å². The van der Waals surface area contributed by atoms with E-state index in [-0.39, 0.29) is 17.6 Å². The number of thioether (sulfide) groups is 1. The highest BCUT2D eigenvalue weighted by atomic mass is 32.2. The average molecular weight is 555 g/mol. The minimum Gasteiger partial charge on any atom is -0.495 e. The third kappa shape index (κ3) is 6.47. The summed E-state index contributed by atoms with van der Waals surface area (Å²) in [7, 11) is 1.54. The first-order valence-corrected chi connectivity index (χ1v) is 13.7. The predicted molar refractivity (Wildman–Crippen MR) is 158 cm³/mol. The van der Waals surface area contributed by atoms with Crippen LogP contribution in [0, 0.1) is 11.3 Å². The van der Waals surface area contributed by atoms with Crippen molar-refractivity contribution in [3.8, 4) is 17.6 Å². The SMILES string of the molecule is CCOc1ccccc1NC(=O)CSC1=C(C#N)[C@@H](c2ccccc2)C(C(=O)Nc2ccccc2OC)=C(C)N1. The van der Waals surface area contributed by atoms with Crippen molar-refractivity contribution in [2.75, 3.05) is 30.1 Å². The molecule has 0 saturated carbocycles. The van der Waals surface area contributed by atoms with E-state index in [2.05, 4.69) is 22.0 Å². The third-order valence-corrected chi connectivity index (χ3v) is 7.21. The number of anilines is 2. The van der Waals surface area contributed by atoms with E-state index in [1.807, 2.05) is 55.5 Å². The molecular weight excluding hydrogens is 524 g/mol. The maximum atomic E-state index is 13.7. The Labute approximate surface area is 238 Å². The van der Waals surface area contributed by atoms with Gasteiger partial charge in [-0.15, -0.1) is 0 Å². The van der Waals surface area contributed by atoms with Crippen molar-refractivity contribution in [3.05, 3.63) is 106 Å². The molecule has 9 heteroatoms. The number of methoxy groups -OCH3 is 1. The molecule has 0 spiro atoms. The van der Waals surface area contributed by atoms with Gasteiger partial charge >= 0.3 is 0 Å². The van der Waals surface area contributed by atoms with Crippen molar-refractivity contribution in [2.24, 2.45) is 0 Å². The fraction of sp³-hybridized carbons (Fsp3) is 0.194. The van der Waals surface area contributed by atoms with Gasteiger partial charge in [-0.25, -0.2) is 0 Å². The Morgan fingerprint density at radius 3 is 2.23 bits per heavy atom. The molecule has 0 unspecified atom stereocenters. The van der Waals surface area contributed by atoms with Crippen LogP contribution in [0.5, 0.6) is 11.5 Å². The van der Waals surface area contributed by atoms with E-state index in [0.29, 0.717) is 51.4 Å². The minimum absolute atomic E-state index is 0.0471. The smallest absolute Gasteiger partial charge is 0.254 e. The van der Waals surface area contributed by atoms with Gasteiger partial charge in [0.2, 0.25) is 5.91 Å². The number of nitrogens with one attached hydrogen (secondary N) is 3. The molecule has 0 aromatic heterocycles. The summed E-state index contributed by atoms with van der Waals surface area (Å²) in [5, 5.41) is 19.9. The Kier molecular flexibility index (Phi) is 9.49. The fourth-order valence-corrected chi connectivity index (χ4v) is 5.31. The van der Waals surface area contributed by atoms with Crippen LogP contribution in [0.2, 0.25) is 0 Å². The Bertz CT molecular complexity index is 1490. The number of nitriles is 1. The zero-order valence-corrected chi connectivity index (χ0v) is 23.3. The number of allylic oxidation sites excluding steroid dienone is 2. The summed E-state index contributed by atoms with van der Waals surface area (Å²) in [6.07, 6.45) is 0. The molecule has 4 rings (SSSR count). The maximum Gasteiger partial charge on any atom is 0.254 e. The Morgan fingerprint density at radius 1 is 0.950 bits per heavy atom. The largest absolute Gasteiger partial charge is 0.495 e. The van der Waals surface area contributed by atoms with Gasteiger partial charge in [-0.05, 0) is 43.7 Å². The van der Waals surface area contributed by atoms with Crippen molar-refractivity contribution in [1.82, 2.24) is 5.32 Å². The highest BCUT2D eigenvalue weighted by Crippen LogP contribution is 2.41. The van der Waals surface area contributed by atoms with Crippen LogP contribution >= 0.6 is 11.8 Å². The summed E-state index contributed by atoms with van der Waals surface area (Å²) in [5.41, 5.74) is 3.24. The second-order valence-corrected chi connectivity index (χ2v) is 9.77. The monoisotopic (exact) mass is 554 g/mol. The normalized spacial score (nSPS) is 14.6. The van der Waals surface area contributed by atoms with Crippen molar-refractivity contribution >= 4 is 35.0 Å². The van der Waals surface area contributed by atoms with E-state index >= 15 is 0 Å². The highest BCUT2D eigenvalue weighted by molar-refractivity contribution is 8.03. The molecular formula is C31H30N4O4S. The van der Waals surface area contributed by atoms with Crippen LogP contribution in [0.3, 0.4) is 0 Å². The van der Waals surface area contributed by atoms with E-state index in [1.54, 1.807) is 37.3 Å². The van der Waals surface area contributed by atoms with Crippen molar-refractivity contribution in [1.29, 1.82) is 5.26 Å². The van der Waals surface area contributed by atoms with Gasteiger partial charge in [0.1, 0.15) is 11.5 Å². The van der Waals surface area contributed by atoms with Crippen LogP contribution in [0.15, 0.2) is 101 Å². The summed E-state index contributed by atoms with van der Waals surface area (Å²) >= 11 is 1.21. The lowest BCUT2D eigenvalue weighted by Gasteiger charge is -2.30. The lowest BCUT2D eigenvalue weighted by atomic mass is 9.82. The summed E-state index contributed by atoms with van der Waals surface area (Å²) in [4.78, 5) is 26.5. The molecule has 3 N–H and O–H groups in total. The maximum absolute atomic E-state index is 13.7. The van der Waals surface area contributed by atoms with Crippen LogP contribution in [0.1, 0.15) is 25.3 Å².